The molecular weight excluding hydrogens is 493 g/mol. The molecule has 0 fully saturated rings. The highest BCUT2D eigenvalue weighted by Crippen LogP contribution is 2.22. The average Bonchev–Trinajstić information content (AvgIpc) is 3.31. The second-order valence-corrected chi connectivity index (χ2v) is 7.50. The van der Waals surface area contributed by atoms with E-state index in [0.29, 0.717) is 6.61 Å². The molecule has 1 unspecified atom stereocenters. The Kier molecular flexibility index (Phi) is 7.70. The fourth-order valence-electron chi connectivity index (χ4n) is 4.02. The fourth-order valence-corrected chi connectivity index (χ4v) is 4.02. The number of hydrogen-bond acceptors (Lipinski definition) is 4. The van der Waals surface area contributed by atoms with Crippen molar-refractivity contribution in [3.05, 3.63) is 47.2 Å². The van der Waals surface area contributed by atoms with Crippen LogP contribution in [0.4, 0.5) is 0 Å². The number of aromatic amines is 1. The van der Waals surface area contributed by atoms with Crippen LogP contribution in [0.5, 0.6) is 0 Å². The topological polar surface area (TPSA) is 92.2 Å². The smallest absolute Gasteiger partial charge is 0.191 e. The highest BCUT2D eigenvalue weighted by atomic mass is 127. The van der Waals surface area contributed by atoms with Gasteiger partial charge in [-0.1, -0.05) is 12.1 Å². The summed E-state index contributed by atoms with van der Waals surface area (Å²) in [6, 6.07) is 6.65. The third-order valence-corrected chi connectivity index (χ3v) is 5.42. The number of benzene rings is 1. The largest absolute Gasteiger partial charge is 0.377 e. The molecule has 0 amide bonds. The number of guanidine groups is 1. The first-order valence-electron chi connectivity index (χ1n) is 10.1. The molecule has 0 saturated carbocycles. The molecular formula is C21H30IN7O. The molecule has 0 saturated heterocycles. The third-order valence-electron chi connectivity index (χ3n) is 5.42. The van der Waals surface area contributed by atoms with Crippen LogP contribution in [0.15, 0.2) is 29.4 Å². The molecule has 3 aromatic rings. The number of methoxy groups -OCH3 is 1. The fraction of sp³-hybridized carbons (Fsp3) is 0.476. The van der Waals surface area contributed by atoms with Crippen LogP contribution >= 0.6 is 24.0 Å². The molecule has 0 radical (unpaired) electrons. The van der Waals surface area contributed by atoms with Crippen molar-refractivity contribution >= 4 is 40.8 Å². The van der Waals surface area contributed by atoms with E-state index in [9.17, 15) is 0 Å². The number of hydrogen-bond donors (Lipinski definition) is 3. The van der Waals surface area contributed by atoms with Crippen LogP contribution in [0, 0.1) is 6.92 Å². The Hall–Kier alpha value is -2.14. The van der Waals surface area contributed by atoms with Gasteiger partial charge in [-0.15, -0.1) is 24.0 Å². The molecule has 1 atom stereocenters. The standard InChI is InChI=1S/C21H29N7O.HI/c1-14-5-4-6-17-20(14)15(11-24-17)9-10-23-21(22-2)25-16-7-8-19-26-18(13-29-3)27-28(19)12-16;/h4-6,11,16,24H,7-10,12-13H2,1-3H3,(H2,22,23,25);1H. The first-order valence-corrected chi connectivity index (χ1v) is 10.1. The Morgan fingerprint density at radius 2 is 2.27 bits per heavy atom. The van der Waals surface area contributed by atoms with Gasteiger partial charge in [0.15, 0.2) is 11.8 Å². The zero-order valence-corrected chi connectivity index (χ0v) is 20.1. The molecule has 8 nitrogen and oxygen atoms in total. The van der Waals surface area contributed by atoms with E-state index >= 15 is 0 Å². The molecule has 0 spiro atoms. The van der Waals surface area contributed by atoms with Crippen LogP contribution < -0.4 is 10.6 Å². The minimum Gasteiger partial charge on any atom is -0.377 e. The van der Waals surface area contributed by atoms with E-state index in [-0.39, 0.29) is 30.0 Å². The lowest BCUT2D eigenvalue weighted by Crippen LogP contribution is -2.47. The van der Waals surface area contributed by atoms with Crippen molar-refractivity contribution in [3.63, 3.8) is 0 Å². The van der Waals surface area contributed by atoms with Crippen molar-refractivity contribution < 1.29 is 4.74 Å². The van der Waals surface area contributed by atoms with E-state index < -0.39 is 0 Å². The van der Waals surface area contributed by atoms with Crippen LogP contribution in [0.1, 0.15) is 29.2 Å². The maximum absolute atomic E-state index is 5.14. The Bertz CT molecular complexity index is 1010. The lowest BCUT2D eigenvalue weighted by atomic mass is 10.1. The van der Waals surface area contributed by atoms with Crippen LogP contribution in [-0.4, -0.2) is 52.5 Å². The molecule has 30 heavy (non-hydrogen) atoms. The summed E-state index contributed by atoms with van der Waals surface area (Å²) in [5, 5.41) is 12.8. The van der Waals surface area contributed by atoms with Gasteiger partial charge >= 0.3 is 0 Å². The predicted octanol–water partition coefficient (Wildman–Crippen LogP) is 2.55. The predicted molar refractivity (Wildman–Crippen MR) is 129 cm³/mol. The van der Waals surface area contributed by atoms with E-state index in [0.717, 1.165) is 50.0 Å². The van der Waals surface area contributed by atoms with E-state index in [1.54, 1.807) is 7.11 Å². The maximum Gasteiger partial charge on any atom is 0.191 e. The number of aryl methyl sites for hydroxylation is 2. The first kappa shape index (κ1) is 22.5. The Morgan fingerprint density at radius 3 is 3.07 bits per heavy atom. The van der Waals surface area contributed by atoms with Gasteiger partial charge in [-0.25, -0.2) is 9.67 Å². The summed E-state index contributed by atoms with van der Waals surface area (Å²) in [6.07, 6.45) is 4.96. The van der Waals surface area contributed by atoms with Crippen LogP contribution in [0.3, 0.4) is 0 Å². The molecule has 1 aliphatic rings. The first-order chi connectivity index (χ1) is 14.2. The van der Waals surface area contributed by atoms with Crippen molar-refractivity contribution in [1.82, 2.24) is 30.4 Å². The van der Waals surface area contributed by atoms with E-state index in [1.165, 1.54) is 22.0 Å². The SMILES string of the molecule is CN=C(NCCc1c[nH]c2cccc(C)c12)NC1CCc2nc(COC)nn2C1.I. The highest BCUT2D eigenvalue weighted by molar-refractivity contribution is 14.0. The van der Waals surface area contributed by atoms with Crippen molar-refractivity contribution in [2.75, 3.05) is 20.7 Å². The number of nitrogens with zero attached hydrogens (tertiary/aromatic N) is 4. The van der Waals surface area contributed by atoms with E-state index in [4.69, 9.17) is 4.74 Å². The van der Waals surface area contributed by atoms with Crippen molar-refractivity contribution in [2.45, 2.75) is 45.4 Å². The highest BCUT2D eigenvalue weighted by Gasteiger charge is 2.22. The normalized spacial score (nSPS) is 16.2. The summed E-state index contributed by atoms with van der Waals surface area (Å²) < 4.78 is 7.12. The minimum atomic E-state index is 0. The molecule has 2 aromatic heterocycles. The summed E-state index contributed by atoms with van der Waals surface area (Å²) in [4.78, 5) is 12.3. The Balaban J connectivity index is 0.00000256. The number of aromatic nitrogens is 4. The number of nitrogens with one attached hydrogen (secondary N) is 3. The number of rotatable bonds is 6. The molecule has 3 N–H and O–H groups in total. The summed E-state index contributed by atoms with van der Waals surface area (Å²) >= 11 is 0. The van der Waals surface area contributed by atoms with E-state index in [2.05, 4.69) is 62.0 Å². The third kappa shape index (κ3) is 4.94. The lowest BCUT2D eigenvalue weighted by Gasteiger charge is -2.25. The summed E-state index contributed by atoms with van der Waals surface area (Å²) in [5.41, 5.74) is 3.83. The van der Waals surface area contributed by atoms with Gasteiger partial charge in [0.05, 0.1) is 6.54 Å². The number of ether oxygens (including phenoxy) is 1. The molecule has 1 aliphatic heterocycles. The summed E-state index contributed by atoms with van der Waals surface area (Å²) in [6.45, 7) is 4.22. The average molecular weight is 523 g/mol. The molecule has 9 heteroatoms. The van der Waals surface area contributed by atoms with Gasteiger partial charge in [0.25, 0.3) is 0 Å². The summed E-state index contributed by atoms with van der Waals surface area (Å²) in [5.74, 6) is 2.61. The molecule has 1 aromatic carbocycles. The van der Waals surface area contributed by atoms with Crippen molar-refractivity contribution in [3.8, 4) is 0 Å². The zero-order valence-electron chi connectivity index (χ0n) is 17.7. The van der Waals surface area contributed by atoms with Gasteiger partial charge in [0, 0.05) is 50.3 Å². The quantitative estimate of drug-likeness (QED) is 0.263. The van der Waals surface area contributed by atoms with Gasteiger partial charge in [-0.2, -0.15) is 5.10 Å². The molecule has 162 valence electrons. The number of halogens is 1. The van der Waals surface area contributed by atoms with Gasteiger partial charge < -0.3 is 20.4 Å². The van der Waals surface area contributed by atoms with Crippen LogP contribution in [0.25, 0.3) is 10.9 Å². The monoisotopic (exact) mass is 523 g/mol. The van der Waals surface area contributed by atoms with Crippen molar-refractivity contribution in [1.29, 1.82) is 0 Å². The zero-order chi connectivity index (χ0) is 20.2. The minimum absolute atomic E-state index is 0. The lowest BCUT2D eigenvalue weighted by molar-refractivity contribution is 0.177. The van der Waals surface area contributed by atoms with Gasteiger partial charge in [0.1, 0.15) is 12.4 Å². The van der Waals surface area contributed by atoms with Crippen LogP contribution in [0.2, 0.25) is 0 Å². The summed E-state index contributed by atoms with van der Waals surface area (Å²) in [7, 11) is 3.48. The van der Waals surface area contributed by atoms with Crippen molar-refractivity contribution in [2.24, 2.45) is 4.99 Å². The molecule has 3 heterocycles. The molecule has 0 aliphatic carbocycles. The van der Waals surface area contributed by atoms with Gasteiger partial charge in [0.2, 0.25) is 0 Å². The van der Waals surface area contributed by atoms with E-state index in [1.807, 2.05) is 11.7 Å². The Labute approximate surface area is 193 Å². The Morgan fingerprint density at radius 1 is 1.40 bits per heavy atom. The second-order valence-electron chi connectivity index (χ2n) is 7.50. The number of aliphatic imine (C=N–C) groups is 1. The second kappa shape index (κ2) is 10.3. The van der Waals surface area contributed by atoms with Crippen LogP contribution in [-0.2, 0) is 30.7 Å². The maximum atomic E-state index is 5.14. The van der Waals surface area contributed by atoms with Gasteiger partial charge in [-0.3, -0.25) is 4.99 Å². The molecule has 0 bridgehead atoms. The molecule has 4 rings (SSSR count). The number of fused-ring (bicyclic) bond motifs is 2. The number of H-pyrrole nitrogens is 1. The van der Waals surface area contributed by atoms with Gasteiger partial charge in [-0.05, 0) is 37.0 Å².